The molecule has 0 aliphatic heterocycles. The zero-order valence-electron chi connectivity index (χ0n) is 11.7. The summed E-state index contributed by atoms with van der Waals surface area (Å²) >= 11 is 0. The number of benzene rings is 1. The van der Waals surface area contributed by atoms with Crippen LogP contribution in [-0.2, 0) is 0 Å². The van der Waals surface area contributed by atoms with Crippen molar-refractivity contribution in [3.05, 3.63) is 60.2 Å². The van der Waals surface area contributed by atoms with Crippen molar-refractivity contribution in [2.24, 2.45) is 11.8 Å². The molecule has 0 atom stereocenters. The van der Waals surface area contributed by atoms with E-state index in [1.807, 2.05) is 18.2 Å². The van der Waals surface area contributed by atoms with Crippen LogP contribution >= 0.6 is 0 Å². The highest BCUT2D eigenvalue weighted by molar-refractivity contribution is 5.41. The minimum atomic E-state index is 0.668. The van der Waals surface area contributed by atoms with Crippen LogP contribution in [0.25, 0.3) is 0 Å². The first-order valence-corrected chi connectivity index (χ1v) is 7.12. The van der Waals surface area contributed by atoms with Gasteiger partial charge in [0, 0.05) is 5.56 Å². The van der Waals surface area contributed by atoms with Crippen LogP contribution < -0.4 is 0 Å². The van der Waals surface area contributed by atoms with Gasteiger partial charge in [0.2, 0.25) is 0 Å². The summed E-state index contributed by atoms with van der Waals surface area (Å²) in [6.07, 6.45) is 11.3. The third kappa shape index (κ3) is 4.15. The molecule has 20 heavy (non-hydrogen) atoms. The predicted octanol–water partition coefficient (Wildman–Crippen LogP) is 4.46. The first kappa shape index (κ1) is 14.2. The summed E-state index contributed by atoms with van der Waals surface area (Å²) in [5, 5.41) is 8.72. The van der Waals surface area contributed by atoms with Crippen LogP contribution in [0.3, 0.4) is 0 Å². The summed E-state index contributed by atoms with van der Waals surface area (Å²) in [4.78, 5) is 0. The van der Waals surface area contributed by atoms with Crippen molar-refractivity contribution in [1.29, 1.82) is 5.26 Å². The van der Waals surface area contributed by atoms with Gasteiger partial charge in [-0.25, -0.2) is 0 Å². The molecule has 0 saturated heterocycles. The van der Waals surface area contributed by atoms with E-state index in [-0.39, 0.29) is 0 Å². The maximum atomic E-state index is 8.72. The maximum absolute atomic E-state index is 8.72. The topological polar surface area (TPSA) is 23.8 Å². The van der Waals surface area contributed by atoms with E-state index < -0.39 is 0 Å². The standard InChI is InChI=1S/C19H19N/c1-2-16-7-9-17(10-8-16)5-3-4-6-18-11-13-19(15-20)14-12-18/h2-3,5,11-14,16-17H,1,7-10H2/t16-,17-. The largest absolute Gasteiger partial charge is 0.192 e. The Kier molecular flexibility index (Phi) is 5.22. The third-order valence-electron chi connectivity index (χ3n) is 3.83. The molecular weight excluding hydrogens is 242 g/mol. The molecule has 0 radical (unpaired) electrons. The number of allylic oxidation sites excluding steroid dienone is 3. The monoisotopic (exact) mass is 261 g/mol. The molecule has 1 aliphatic carbocycles. The lowest BCUT2D eigenvalue weighted by Gasteiger charge is -2.23. The molecule has 1 heteroatoms. The van der Waals surface area contributed by atoms with Crippen molar-refractivity contribution in [2.75, 3.05) is 0 Å². The van der Waals surface area contributed by atoms with E-state index in [0.717, 1.165) is 5.56 Å². The first-order valence-electron chi connectivity index (χ1n) is 7.12. The van der Waals surface area contributed by atoms with Crippen molar-refractivity contribution in [1.82, 2.24) is 0 Å². The van der Waals surface area contributed by atoms with Gasteiger partial charge in [-0.2, -0.15) is 5.26 Å². The smallest absolute Gasteiger partial charge is 0.0991 e. The molecule has 1 aromatic carbocycles. The fourth-order valence-corrected chi connectivity index (χ4v) is 2.51. The molecule has 100 valence electrons. The average molecular weight is 261 g/mol. The molecule has 0 aromatic heterocycles. The molecule has 1 saturated carbocycles. The normalized spacial score (nSPS) is 21.8. The van der Waals surface area contributed by atoms with E-state index in [0.29, 0.717) is 17.4 Å². The number of hydrogen-bond donors (Lipinski definition) is 0. The number of rotatable bonds is 2. The second-order valence-electron chi connectivity index (χ2n) is 5.23. The molecule has 1 nitrogen and oxygen atoms in total. The Morgan fingerprint density at radius 2 is 1.60 bits per heavy atom. The quantitative estimate of drug-likeness (QED) is 0.569. The molecule has 0 spiro atoms. The molecule has 0 bridgehead atoms. The van der Waals surface area contributed by atoms with Gasteiger partial charge in [-0.1, -0.05) is 24.0 Å². The molecule has 0 heterocycles. The highest BCUT2D eigenvalue weighted by Gasteiger charge is 2.16. The molecular formula is C19H19N. The Bertz CT molecular complexity index is 567. The fourth-order valence-electron chi connectivity index (χ4n) is 2.51. The van der Waals surface area contributed by atoms with Crippen LogP contribution in [0.2, 0.25) is 0 Å². The minimum Gasteiger partial charge on any atom is -0.192 e. The Hall–Kier alpha value is -2.25. The number of nitrogens with zero attached hydrogens (tertiary/aromatic N) is 1. The Balaban J connectivity index is 1.86. The van der Waals surface area contributed by atoms with Gasteiger partial charge in [0.25, 0.3) is 0 Å². The highest BCUT2D eigenvalue weighted by atomic mass is 14.2. The van der Waals surface area contributed by atoms with Crippen LogP contribution in [-0.4, -0.2) is 0 Å². The van der Waals surface area contributed by atoms with Crippen molar-refractivity contribution in [3.8, 4) is 17.9 Å². The van der Waals surface area contributed by atoms with Gasteiger partial charge in [0.1, 0.15) is 0 Å². The van der Waals surface area contributed by atoms with E-state index >= 15 is 0 Å². The van der Waals surface area contributed by atoms with Crippen LogP contribution in [0, 0.1) is 35.0 Å². The highest BCUT2D eigenvalue weighted by Crippen LogP contribution is 2.29. The number of nitriles is 1. The second kappa shape index (κ2) is 7.37. The third-order valence-corrected chi connectivity index (χ3v) is 3.83. The van der Waals surface area contributed by atoms with Gasteiger partial charge in [-0.15, -0.1) is 6.58 Å². The second-order valence-corrected chi connectivity index (χ2v) is 5.23. The van der Waals surface area contributed by atoms with E-state index in [2.05, 4.69) is 36.6 Å². The van der Waals surface area contributed by atoms with Crippen molar-refractivity contribution in [2.45, 2.75) is 25.7 Å². The Labute approximate surface area is 121 Å². The lowest BCUT2D eigenvalue weighted by atomic mass is 9.82. The molecule has 1 fully saturated rings. The van der Waals surface area contributed by atoms with Crippen molar-refractivity contribution >= 4 is 0 Å². The zero-order chi connectivity index (χ0) is 14.2. The average Bonchev–Trinajstić information content (AvgIpc) is 2.53. The Morgan fingerprint density at radius 1 is 1.00 bits per heavy atom. The fraction of sp³-hybridized carbons (Fsp3) is 0.316. The SMILES string of the molecule is C=C[C@H]1CC[C@H](C=CC#Cc2ccc(C#N)cc2)CC1. The molecule has 2 rings (SSSR count). The summed E-state index contributed by atoms with van der Waals surface area (Å²) in [5.41, 5.74) is 1.62. The summed E-state index contributed by atoms with van der Waals surface area (Å²) in [7, 11) is 0. The minimum absolute atomic E-state index is 0.668. The Morgan fingerprint density at radius 3 is 2.20 bits per heavy atom. The van der Waals surface area contributed by atoms with E-state index in [1.54, 1.807) is 12.1 Å². The molecule has 1 aliphatic rings. The summed E-state index contributed by atoms with van der Waals surface area (Å²) in [6.45, 7) is 3.87. The number of hydrogen-bond acceptors (Lipinski definition) is 1. The van der Waals surface area contributed by atoms with Gasteiger partial charge in [-0.05, 0) is 67.9 Å². The van der Waals surface area contributed by atoms with Crippen LogP contribution in [0.1, 0.15) is 36.8 Å². The van der Waals surface area contributed by atoms with Crippen LogP contribution in [0.15, 0.2) is 49.1 Å². The predicted molar refractivity (Wildman–Crippen MR) is 82.8 cm³/mol. The van der Waals surface area contributed by atoms with E-state index in [4.69, 9.17) is 5.26 Å². The molecule has 1 aromatic rings. The van der Waals surface area contributed by atoms with Crippen molar-refractivity contribution < 1.29 is 0 Å². The molecule has 0 amide bonds. The van der Waals surface area contributed by atoms with Crippen molar-refractivity contribution in [3.63, 3.8) is 0 Å². The summed E-state index contributed by atoms with van der Waals surface area (Å²) < 4.78 is 0. The van der Waals surface area contributed by atoms with Gasteiger partial charge in [0.15, 0.2) is 0 Å². The van der Waals surface area contributed by atoms with Crippen LogP contribution in [0.5, 0.6) is 0 Å². The van der Waals surface area contributed by atoms with E-state index in [9.17, 15) is 0 Å². The van der Waals surface area contributed by atoms with Crippen LogP contribution in [0.4, 0.5) is 0 Å². The molecule has 0 N–H and O–H groups in total. The van der Waals surface area contributed by atoms with Gasteiger partial charge >= 0.3 is 0 Å². The van der Waals surface area contributed by atoms with Gasteiger partial charge in [0.05, 0.1) is 11.6 Å². The molecule has 0 unspecified atom stereocenters. The maximum Gasteiger partial charge on any atom is 0.0991 e. The lowest BCUT2D eigenvalue weighted by molar-refractivity contribution is 0.357. The summed E-state index contributed by atoms with van der Waals surface area (Å²) in [6, 6.07) is 9.46. The van der Waals surface area contributed by atoms with Gasteiger partial charge < -0.3 is 0 Å². The summed E-state index contributed by atoms with van der Waals surface area (Å²) in [5.74, 6) is 7.55. The lowest BCUT2D eigenvalue weighted by Crippen LogP contribution is -2.10. The zero-order valence-corrected chi connectivity index (χ0v) is 11.7. The first-order chi connectivity index (χ1) is 9.81. The van der Waals surface area contributed by atoms with E-state index in [1.165, 1.54) is 25.7 Å². The van der Waals surface area contributed by atoms with Gasteiger partial charge in [-0.3, -0.25) is 0 Å².